The van der Waals surface area contributed by atoms with Crippen molar-refractivity contribution in [1.82, 2.24) is 10.2 Å². The van der Waals surface area contributed by atoms with Gasteiger partial charge in [-0.05, 0) is 24.3 Å². The zero-order valence-corrected chi connectivity index (χ0v) is 10.2. The zero-order valence-electron chi connectivity index (χ0n) is 10.2. The molecule has 0 unspecified atom stereocenters. The first-order valence-electron chi connectivity index (χ1n) is 5.61. The quantitative estimate of drug-likeness (QED) is 0.646. The molecule has 0 saturated carbocycles. The molecule has 0 amide bonds. The molecule has 4 heteroatoms. The monoisotopic (exact) mass is 240 g/mol. The number of nitrogens with zero attached hydrogens (tertiary/aromatic N) is 2. The molecular weight excluding hydrogens is 228 g/mol. The Kier molecular flexibility index (Phi) is 2.48. The molecule has 0 fully saturated rings. The Labute approximate surface area is 104 Å². The third kappa shape index (κ3) is 1.46. The van der Waals surface area contributed by atoms with Gasteiger partial charge in [-0.25, -0.2) is 0 Å². The van der Waals surface area contributed by atoms with Crippen LogP contribution in [0.2, 0.25) is 0 Å². The second-order valence-electron chi connectivity index (χ2n) is 3.91. The van der Waals surface area contributed by atoms with Crippen molar-refractivity contribution in [3.63, 3.8) is 0 Å². The summed E-state index contributed by atoms with van der Waals surface area (Å²) < 4.78 is 10.8. The lowest BCUT2D eigenvalue weighted by Crippen LogP contribution is -1.93. The van der Waals surface area contributed by atoms with Crippen molar-refractivity contribution in [1.29, 1.82) is 0 Å². The van der Waals surface area contributed by atoms with E-state index in [0.29, 0.717) is 0 Å². The third-order valence-corrected chi connectivity index (χ3v) is 2.96. The molecule has 0 radical (unpaired) electrons. The molecule has 4 nitrogen and oxygen atoms in total. The fraction of sp³-hybridized carbons (Fsp3) is 0.143. The minimum absolute atomic E-state index is 0.775. The highest BCUT2D eigenvalue weighted by Crippen LogP contribution is 2.35. The van der Waals surface area contributed by atoms with E-state index in [1.165, 1.54) is 0 Å². The van der Waals surface area contributed by atoms with Gasteiger partial charge in [0, 0.05) is 0 Å². The maximum Gasteiger partial charge on any atom is 0.129 e. The van der Waals surface area contributed by atoms with Gasteiger partial charge in [-0.2, -0.15) is 0 Å². The number of ether oxygens (including phenoxy) is 2. The summed E-state index contributed by atoms with van der Waals surface area (Å²) in [5.74, 6) is 1.55. The van der Waals surface area contributed by atoms with E-state index in [4.69, 9.17) is 9.47 Å². The molecule has 0 aliphatic heterocycles. The molecule has 2 aromatic carbocycles. The van der Waals surface area contributed by atoms with E-state index in [0.717, 1.165) is 33.3 Å². The number of rotatable bonds is 2. The van der Waals surface area contributed by atoms with Gasteiger partial charge in [0.15, 0.2) is 0 Å². The number of hydrogen-bond acceptors (Lipinski definition) is 4. The van der Waals surface area contributed by atoms with E-state index in [-0.39, 0.29) is 0 Å². The fourth-order valence-corrected chi connectivity index (χ4v) is 2.16. The van der Waals surface area contributed by atoms with Crippen LogP contribution < -0.4 is 9.47 Å². The van der Waals surface area contributed by atoms with Gasteiger partial charge in [-0.15, -0.1) is 10.2 Å². The van der Waals surface area contributed by atoms with Crippen LogP contribution >= 0.6 is 0 Å². The van der Waals surface area contributed by atoms with E-state index in [2.05, 4.69) is 10.2 Å². The molecule has 0 spiro atoms. The summed E-state index contributed by atoms with van der Waals surface area (Å²) in [4.78, 5) is 0. The van der Waals surface area contributed by atoms with Crippen LogP contribution in [0.3, 0.4) is 0 Å². The van der Waals surface area contributed by atoms with E-state index in [1.54, 1.807) is 14.2 Å². The van der Waals surface area contributed by atoms with E-state index >= 15 is 0 Å². The van der Waals surface area contributed by atoms with Crippen LogP contribution in [0, 0.1) is 0 Å². The molecule has 0 aliphatic carbocycles. The Balaban J connectivity index is 2.57. The van der Waals surface area contributed by atoms with Crippen molar-refractivity contribution in [3.05, 3.63) is 36.4 Å². The smallest absolute Gasteiger partial charge is 0.129 e. The minimum Gasteiger partial charge on any atom is -0.496 e. The van der Waals surface area contributed by atoms with Gasteiger partial charge in [0.2, 0.25) is 0 Å². The maximum atomic E-state index is 5.41. The van der Waals surface area contributed by atoms with Gasteiger partial charge < -0.3 is 9.47 Å². The maximum absolute atomic E-state index is 5.41. The Hall–Kier alpha value is -2.36. The Bertz CT molecular complexity index is 663. The van der Waals surface area contributed by atoms with Crippen molar-refractivity contribution < 1.29 is 9.47 Å². The van der Waals surface area contributed by atoms with Crippen molar-refractivity contribution in [3.8, 4) is 11.5 Å². The number of fused-ring (bicyclic) bond motifs is 3. The van der Waals surface area contributed by atoms with Gasteiger partial charge in [-0.1, -0.05) is 12.1 Å². The highest BCUT2D eigenvalue weighted by atomic mass is 16.5. The van der Waals surface area contributed by atoms with Gasteiger partial charge in [-0.3, -0.25) is 0 Å². The molecule has 0 atom stereocenters. The van der Waals surface area contributed by atoms with Crippen LogP contribution in [-0.4, -0.2) is 24.4 Å². The predicted molar refractivity (Wildman–Crippen MR) is 70.1 cm³/mol. The molecule has 0 saturated heterocycles. The van der Waals surface area contributed by atoms with Crippen LogP contribution in [-0.2, 0) is 0 Å². The first-order chi connectivity index (χ1) is 8.85. The van der Waals surface area contributed by atoms with Crippen molar-refractivity contribution in [2.75, 3.05) is 14.2 Å². The Morgan fingerprint density at radius 3 is 1.56 bits per heavy atom. The van der Waals surface area contributed by atoms with Gasteiger partial charge in [0.1, 0.15) is 11.5 Å². The average Bonchev–Trinajstić information content (AvgIpc) is 2.45. The molecule has 18 heavy (non-hydrogen) atoms. The third-order valence-electron chi connectivity index (χ3n) is 2.96. The van der Waals surface area contributed by atoms with Gasteiger partial charge >= 0.3 is 0 Å². The predicted octanol–water partition coefficient (Wildman–Crippen LogP) is 2.80. The second kappa shape index (κ2) is 4.14. The van der Waals surface area contributed by atoms with Crippen LogP contribution in [0.15, 0.2) is 36.4 Å². The first-order valence-corrected chi connectivity index (χ1v) is 5.61. The van der Waals surface area contributed by atoms with Crippen molar-refractivity contribution >= 4 is 21.8 Å². The Morgan fingerprint density at radius 2 is 1.17 bits per heavy atom. The number of methoxy groups -OCH3 is 2. The zero-order chi connectivity index (χ0) is 12.5. The van der Waals surface area contributed by atoms with E-state index in [9.17, 15) is 0 Å². The summed E-state index contributed by atoms with van der Waals surface area (Å²) in [5, 5.41) is 10.3. The van der Waals surface area contributed by atoms with Crippen molar-refractivity contribution in [2.24, 2.45) is 0 Å². The van der Waals surface area contributed by atoms with Gasteiger partial charge in [0.25, 0.3) is 0 Å². The van der Waals surface area contributed by atoms with Crippen LogP contribution in [0.1, 0.15) is 0 Å². The average molecular weight is 240 g/mol. The van der Waals surface area contributed by atoms with E-state index in [1.807, 2.05) is 36.4 Å². The molecule has 0 N–H and O–H groups in total. The largest absolute Gasteiger partial charge is 0.496 e. The summed E-state index contributed by atoms with van der Waals surface area (Å²) in [6.45, 7) is 0. The summed E-state index contributed by atoms with van der Waals surface area (Å²) in [5.41, 5.74) is 1.60. The first kappa shape index (κ1) is 10.8. The highest BCUT2D eigenvalue weighted by molar-refractivity contribution is 6.10. The standard InChI is InChI=1S/C14H12N2O2/c1-17-11-7-3-5-9-13(11)14-10(16-15-9)6-4-8-12(14)18-2/h3-8H,1-2H3. The molecule has 3 rings (SSSR count). The number of benzene rings is 2. The molecule has 1 aromatic heterocycles. The minimum atomic E-state index is 0.775. The summed E-state index contributed by atoms with van der Waals surface area (Å²) in [6.07, 6.45) is 0. The lowest BCUT2D eigenvalue weighted by Gasteiger charge is -2.10. The Morgan fingerprint density at radius 1 is 0.722 bits per heavy atom. The molecule has 90 valence electrons. The van der Waals surface area contributed by atoms with Gasteiger partial charge in [0.05, 0.1) is 36.0 Å². The molecule has 3 aromatic rings. The molecular formula is C14H12N2O2. The lowest BCUT2D eigenvalue weighted by atomic mass is 10.1. The summed E-state index contributed by atoms with van der Waals surface area (Å²) >= 11 is 0. The number of aromatic nitrogens is 2. The van der Waals surface area contributed by atoms with E-state index < -0.39 is 0 Å². The molecule has 0 aliphatic rings. The van der Waals surface area contributed by atoms with Crippen molar-refractivity contribution in [2.45, 2.75) is 0 Å². The molecule has 0 bridgehead atoms. The summed E-state index contributed by atoms with van der Waals surface area (Å²) in [6, 6.07) is 11.5. The fourth-order valence-electron chi connectivity index (χ4n) is 2.16. The lowest BCUT2D eigenvalue weighted by molar-refractivity contribution is 0.416. The topological polar surface area (TPSA) is 44.2 Å². The van der Waals surface area contributed by atoms with Crippen LogP contribution in [0.5, 0.6) is 11.5 Å². The summed E-state index contributed by atoms with van der Waals surface area (Å²) in [7, 11) is 3.30. The number of hydrogen-bond donors (Lipinski definition) is 0. The van der Waals surface area contributed by atoms with Crippen LogP contribution in [0.25, 0.3) is 21.8 Å². The van der Waals surface area contributed by atoms with Crippen LogP contribution in [0.4, 0.5) is 0 Å². The normalized spacial score (nSPS) is 10.8. The highest BCUT2D eigenvalue weighted by Gasteiger charge is 2.12. The molecule has 1 heterocycles. The SMILES string of the molecule is COc1cccc2nnc3cccc(OC)c3c12. The second-order valence-corrected chi connectivity index (χ2v) is 3.91.